The number of anilines is 3. The van der Waals surface area contributed by atoms with Crippen molar-refractivity contribution in [1.29, 1.82) is 0 Å². The molecule has 0 saturated carbocycles. The van der Waals surface area contributed by atoms with Crippen LogP contribution in [0, 0.1) is 13.8 Å². The molecule has 1 amide bonds. The summed E-state index contributed by atoms with van der Waals surface area (Å²) in [6.45, 7) is 7.12. The summed E-state index contributed by atoms with van der Waals surface area (Å²) in [6.07, 6.45) is -0.709. The lowest BCUT2D eigenvalue weighted by Crippen LogP contribution is -2.55. The number of aryl methyl sites for hydroxylation is 2. The molecular weight excluding hydrogens is 549 g/mol. The van der Waals surface area contributed by atoms with Crippen molar-refractivity contribution in [1.82, 2.24) is 29.8 Å². The molecule has 14 heteroatoms. The molecule has 39 heavy (non-hydrogen) atoms. The first-order valence-corrected chi connectivity index (χ1v) is 13.9. The third-order valence-electron chi connectivity index (χ3n) is 6.35. The van der Waals surface area contributed by atoms with Crippen molar-refractivity contribution in [2.45, 2.75) is 39.4 Å². The van der Waals surface area contributed by atoms with E-state index in [0.29, 0.717) is 42.6 Å². The van der Waals surface area contributed by atoms with Crippen LogP contribution in [-0.2, 0) is 6.18 Å². The van der Waals surface area contributed by atoms with E-state index < -0.39 is 11.7 Å². The van der Waals surface area contributed by atoms with Gasteiger partial charge in [-0.1, -0.05) is 6.92 Å². The molecule has 4 aromatic heterocycles. The average molecular weight is 575 g/mol. The largest absolute Gasteiger partial charge is 0.419 e. The predicted molar refractivity (Wildman–Crippen MR) is 145 cm³/mol. The van der Waals surface area contributed by atoms with E-state index in [-0.39, 0.29) is 17.9 Å². The molecule has 0 aromatic carbocycles. The number of alkyl halides is 3. The van der Waals surface area contributed by atoms with E-state index in [0.717, 1.165) is 33.7 Å². The van der Waals surface area contributed by atoms with Crippen LogP contribution in [0.25, 0.3) is 10.6 Å². The molecule has 1 N–H and O–H groups in total. The minimum Gasteiger partial charge on any atom is -0.337 e. The highest BCUT2D eigenvalue weighted by Crippen LogP contribution is 2.33. The number of pyridine rings is 1. The molecule has 0 unspecified atom stereocenters. The number of carbonyl (C=O) groups is 1. The maximum Gasteiger partial charge on any atom is 0.419 e. The fourth-order valence-electron chi connectivity index (χ4n) is 4.36. The summed E-state index contributed by atoms with van der Waals surface area (Å²) >= 11 is 3.07. The fraction of sp³-hybridized carbons (Fsp3) is 0.360. The number of thiazole rings is 2. The average Bonchev–Trinajstić information content (AvgIpc) is 3.52. The van der Waals surface area contributed by atoms with Crippen LogP contribution in [-0.4, -0.2) is 61.4 Å². The van der Waals surface area contributed by atoms with Gasteiger partial charge in [-0.15, -0.1) is 22.7 Å². The Balaban J connectivity index is 1.22. The second-order valence-corrected chi connectivity index (χ2v) is 11.1. The zero-order valence-electron chi connectivity index (χ0n) is 21.4. The number of amides is 1. The zero-order chi connectivity index (χ0) is 27.7. The highest BCUT2D eigenvalue weighted by molar-refractivity contribution is 7.16. The van der Waals surface area contributed by atoms with Crippen LogP contribution in [0.1, 0.15) is 40.0 Å². The number of carbonyl (C=O) groups excluding carboxylic acids is 1. The lowest BCUT2D eigenvalue weighted by atomic mass is 10.1. The van der Waals surface area contributed by atoms with Gasteiger partial charge in [0, 0.05) is 49.6 Å². The van der Waals surface area contributed by atoms with Gasteiger partial charge >= 0.3 is 6.18 Å². The summed E-state index contributed by atoms with van der Waals surface area (Å²) < 4.78 is 38.5. The van der Waals surface area contributed by atoms with E-state index in [1.165, 1.54) is 17.5 Å². The predicted octanol–water partition coefficient (Wildman–Crippen LogP) is 5.57. The number of nitrogens with one attached hydrogen (secondary N) is 1. The molecule has 0 spiro atoms. The molecule has 1 aliphatic rings. The van der Waals surface area contributed by atoms with Gasteiger partial charge in [-0.05, 0) is 32.4 Å². The molecular formula is C25H25F3N8OS2. The van der Waals surface area contributed by atoms with E-state index in [4.69, 9.17) is 0 Å². The van der Waals surface area contributed by atoms with Gasteiger partial charge < -0.3 is 15.1 Å². The normalized spacial score (nSPS) is 16.0. The maximum atomic E-state index is 13.3. The van der Waals surface area contributed by atoms with Crippen molar-refractivity contribution >= 4 is 45.5 Å². The molecule has 1 atom stereocenters. The molecule has 1 saturated heterocycles. The van der Waals surface area contributed by atoms with Crippen LogP contribution in [0.2, 0.25) is 0 Å². The third-order valence-corrected chi connectivity index (χ3v) is 8.20. The van der Waals surface area contributed by atoms with E-state index in [9.17, 15) is 18.0 Å². The van der Waals surface area contributed by atoms with Crippen molar-refractivity contribution in [2.24, 2.45) is 0 Å². The topological polar surface area (TPSA) is 100 Å². The van der Waals surface area contributed by atoms with Gasteiger partial charge in [0.15, 0.2) is 5.13 Å². The third kappa shape index (κ3) is 5.86. The number of nitrogens with zero attached hydrogens (tertiary/aromatic N) is 7. The van der Waals surface area contributed by atoms with Crippen LogP contribution in [0.5, 0.6) is 0 Å². The van der Waals surface area contributed by atoms with Gasteiger partial charge in [-0.3, -0.25) is 4.79 Å². The highest BCUT2D eigenvalue weighted by atomic mass is 32.1. The highest BCUT2D eigenvalue weighted by Gasteiger charge is 2.33. The maximum absolute atomic E-state index is 13.3. The Morgan fingerprint density at radius 1 is 1.10 bits per heavy atom. The van der Waals surface area contributed by atoms with Crippen molar-refractivity contribution in [3.63, 3.8) is 0 Å². The van der Waals surface area contributed by atoms with Gasteiger partial charge in [0.25, 0.3) is 5.91 Å². The molecule has 4 aromatic rings. The quantitative estimate of drug-likeness (QED) is 0.319. The van der Waals surface area contributed by atoms with Crippen molar-refractivity contribution in [2.75, 3.05) is 29.9 Å². The Morgan fingerprint density at radius 3 is 2.49 bits per heavy atom. The summed E-state index contributed by atoms with van der Waals surface area (Å²) in [5, 5.41) is 6.84. The summed E-state index contributed by atoms with van der Waals surface area (Å²) in [7, 11) is 0. The van der Waals surface area contributed by atoms with Crippen LogP contribution in [0.4, 0.5) is 30.1 Å². The van der Waals surface area contributed by atoms with Gasteiger partial charge in [-0.25, -0.2) is 24.9 Å². The molecule has 0 radical (unpaired) electrons. The first-order valence-electron chi connectivity index (χ1n) is 12.2. The lowest BCUT2D eigenvalue weighted by Gasteiger charge is -2.41. The molecule has 5 heterocycles. The minimum absolute atomic E-state index is 0.150. The first kappa shape index (κ1) is 26.9. The zero-order valence-corrected chi connectivity index (χ0v) is 23.0. The van der Waals surface area contributed by atoms with Crippen LogP contribution >= 0.6 is 22.7 Å². The number of rotatable bonds is 6. The first-order chi connectivity index (χ1) is 18.6. The van der Waals surface area contributed by atoms with Gasteiger partial charge in [0.05, 0.1) is 32.4 Å². The molecule has 0 bridgehead atoms. The van der Waals surface area contributed by atoms with Gasteiger partial charge in [0.2, 0.25) is 5.95 Å². The molecule has 1 fully saturated rings. The Kier molecular flexibility index (Phi) is 7.49. The van der Waals surface area contributed by atoms with Crippen LogP contribution in [0.15, 0.2) is 36.1 Å². The molecule has 1 aliphatic heterocycles. The monoisotopic (exact) mass is 574 g/mol. The van der Waals surface area contributed by atoms with Crippen LogP contribution < -0.4 is 10.2 Å². The summed E-state index contributed by atoms with van der Waals surface area (Å²) in [6, 6.07) is 3.31. The molecule has 5 rings (SSSR count). The Morgan fingerprint density at radius 2 is 1.87 bits per heavy atom. The number of hydrogen-bond acceptors (Lipinski definition) is 10. The molecule has 204 valence electrons. The Labute approximate surface area is 230 Å². The van der Waals surface area contributed by atoms with E-state index in [2.05, 4.69) is 30.2 Å². The number of piperazine rings is 1. The van der Waals surface area contributed by atoms with Crippen LogP contribution in [0.3, 0.4) is 0 Å². The number of aromatic nitrogens is 5. The van der Waals surface area contributed by atoms with Crippen molar-refractivity contribution in [3.8, 4) is 10.6 Å². The lowest BCUT2D eigenvalue weighted by molar-refractivity contribution is -0.138. The fourth-order valence-corrected chi connectivity index (χ4v) is 6.02. The van der Waals surface area contributed by atoms with E-state index in [1.807, 2.05) is 26.2 Å². The number of hydrogen-bond donors (Lipinski definition) is 1. The smallest absolute Gasteiger partial charge is 0.337 e. The second kappa shape index (κ2) is 10.8. The Bertz CT molecular complexity index is 1450. The summed E-state index contributed by atoms with van der Waals surface area (Å²) in [5.74, 6) is 0.638. The SMILES string of the molecule is CC[C@@H]1CN(c2ncc(C(F)(F)F)cn2)CCN1C(=O)c1ccc(Nc2nc(-c3sc(C)nc3C)cs2)nc1. The van der Waals surface area contributed by atoms with Gasteiger partial charge in [-0.2, -0.15) is 13.2 Å². The summed E-state index contributed by atoms with van der Waals surface area (Å²) in [4.78, 5) is 39.2. The molecule has 0 aliphatic carbocycles. The van der Waals surface area contributed by atoms with Crippen molar-refractivity contribution in [3.05, 3.63) is 57.9 Å². The van der Waals surface area contributed by atoms with E-state index in [1.54, 1.807) is 33.3 Å². The Hall–Kier alpha value is -3.65. The summed E-state index contributed by atoms with van der Waals surface area (Å²) in [5.41, 5.74) is 1.38. The van der Waals surface area contributed by atoms with Crippen molar-refractivity contribution < 1.29 is 18.0 Å². The minimum atomic E-state index is -4.49. The standard InChI is InChI=1S/C25H25F3N8OS2/c1-4-18-12-35(23-30-10-17(11-31-23)25(26,27)28)7-8-36(18)22(37)16-5-6-20(29-9-16)34-24-33-19(13-38-24)21-14(2)32-15(3)39-21/h5-6,9-11,13,18H,4,7-8,12H2,1-3H3,(H,29,33,34)/t18-/m1/s1. The number of halogens is 3. The van der Waals surface area contributed by atoms with E-state index >= 15 is 0 Å². The molecule has 9 nitrogen and oxygen atoms in total. The second-order valence-electron chi connectivity index (χ2n) is 9.02. The van der Waals surface area contributed by atoms with Gasteiger partial charge in [0.1, 0.15) is 5.82 Å².